The number of sulfonamides is 1. The number of carbonyl (C=O) groups is 2. The van der Waals surface area contributed by atoms with Crippen LogP contribution in [-0.4, -0.2) is 57.6 Å². The van der Waals surface area contributed by atoms with E-state index in [-0.39, 0.29) is 37.7 Å². The Morgan fingerprint density at radius 1 is 1.11 bits per heavy atom. The molecule has 0 aliphatic heterocycles. The number of nitrogens with zero attached hydrogens (tertiary/aromatic N) is 2. The maximum atomic E-state index is 13.4. The number of nitrogens with one attached hydrogen (secondary N) is 1. The van der Waals surface area contributed by atoms with E-state index in [1.165, 1.54) is 4.31 Å². The van der Waals surface area contributed by atoms with Gasteiger partial charge in [-0.3, -0.25) is 13.9 Å². The highest BCUT2D eigenvalue weighted by Gasteiger charge is 2.28. The monoisotopic (exact) mass is 537 g/mol. The van der Waals surface area contributed by atoms with Crippen LogP contribution in [0.4, 0.5) is 5.69 Å². The zero-order chi connectivity index (χ0) is 26.7. The van der Waals surface area contributed by atoms with Gasteiger partial charge in [0.05, 0.1) is 19.1 Å². The largest absolute Gasteiger partial charge is 0.497 e. The van der Waals surface area contributed by atoms with Gasteiger partial charge in [0.15, 0.2) is 0 Å². The Hall–Kier alpha value is -2.78. The molecule has 0 saturated carbocycles. The summed E-state index contributed by atoms with van der Waals surface area (Å²) >= 11 is 6.05. The van der Waals surface area contributed by atoms with Crippen LogP contribution in [0.5, 0.6) is 5.75 Å². The van der Waals surface area contributed by atoms with Gasteiger partial charge < -0.3 is 15.0 Å². The van der Waals surface area contributed by atoms with Crippen LogP contribution in [0.15, 0.2) is 48.5 Å². The lowest BCUT2D eigenvalue weighted by atomic mass is 10.1. The van der Waals surface area contributed by atoms with Gasteiger partial charge in [0.1, 0.15) is 11.8 Å². The van der Waals surface area contributed by atoms with E-state index in [4.69, 9.17) is 16.3 Å². The van der Waals surface area contributed by atoms with E-state index in [1.807, 2.05) is 38.1 Å². The van der Waals surface area contributed by atoms with Gasteiger partial charge in [0.25, 0.3) is 0 Å². The van der Waals surface area contributed by atoms with Crippen LogP contribution in [0, 0.1) is 0 Å². The molecule has 0 aliphatic rings. The number of rotatable bonds is 14. The molecule has 0 aromatic heterocycles. The molecule has 0 saturated heterocycles. The average molecular weight is 538 g/mol. The minimum atomic E-state index is -3.58. The average Bonchev–Trinajstić information content (AvgIpc) is 2.84. The lowest BCUT2D eigenvalue weighted by Crippen LogP contribution is -2.49. The highest BCUT2D eigenvalue weighted by atomic mass is 35.5. The van der Waals surface area contributed by atoms with Crippen molar-refractivity contribution in [3.63, 3.8) is 0 Å². The quantitative estimate of drug-likeness (QED) is 0.389. The molecule has 1 atom stereocenters. The number of carbonyl (C=O) groups excluding carboxylic acids is 2. The third-order valence-electron chi connectivity index (χ3n) is 5.70. The van der Waals surface area contributed by atoms with Crippen molar-refractivity contribution < 1.29 is 22.7 Å². The molecule has 2 aromatic carbocycles. The van der Waals surface area contributed by atoms with Crippen molar-refractivity contribution >= 4 is 39.1 Å². The third kappa shape index (κ3) is 8.71. The lowest BCUT2D eigenvalue weighted by Gasteiger charge is -2.31. The number of amides is 2. The second-order valence-corrected chi connectivity index (χ2v) is 10.8. The summed E-state index contributed by atoms with van der Waals surface area (Å²) in [5.74, 6) is 0.285. The third-order valence-corrected chi connectivity index (χ3v) is 7.12. The van der Waals surface area contributed by atoms with Gasteiger partial charge in [-0.15, -0.1) is 0 Å². The summed E-state index contributed by atoms with van der Waals surface area (Å²) in [6.45, 7) is 4.73. The summed E-state index contributed by atoms with van der Waals surface area (Å²) in [5, 5.41) is 3.31. The van der Waals surface area contributed by atoms with Crippen molar-refractivity contribution in [2.75, 3.05) is 30.8 Å². The standard InChI is InChI=1S/C26H36ClN3O5S/c1-5-16-28-26(32)24(6-2)29(19-20-12-14-23(35-3)15-13-20)25(31)11-8-17-30(36(4,33)34)22-10-7-9-21(27)18-22/h7,9-10,12-15,18,24H,5-6,8,11,16-17,19H2,1-4H3,(H,28,32). The van der Waals surface area contributed by atoms with Gasteiger partial charge in [0.2, 0.25) is 21.8 Å². The molecule has 10 heteroatoms. The predicted octanol–water partition coefficient (Wildman–Crippen LogP) is 4.23. The van der Waals surface area contributed by atoms with Crippen molar-refractivity contribution in [1.29, 1.82) is 0 Å². The fourth-order valence-corrected chi connectivity index (χ4v) is 4.99. The number of anilines is 1. The molecule has 0 radical (unpaired) electrons. The van der Waals surface area contributed by atoms with E-state index in [0.29, 0.717) is 29.4 Å². The van der Waals surface area contributed by atoms with E-state index in [0.717, 1.165) is 18.2 Å². The molecule has 0 heterocycles. The Bertz CT molecular complexity index is 1110. The minimum absolute atomic E-state index is 0.0836. The Kier molecular flexibility index (Phi) is 11.5. The molecule has 1 unspecified atom stereocenters. The summed E-state index contributed by atoms with van der Waals surface area (Å²) < 4.78 is 31.3. The second-order valence-electron chi connectivity index (χ2n) is 8.50. The number of hydrogen-bond acceptors (Lipinski definition) is 5. The van der Waals surface area contributed by atoms with Gasteiger partial charge in [0, 0.05) is 31.1 Å². The molecule has 8 nitrogen and oxygen atoms in total. The van der Waals surface area contributed by atoms with Crippen LogP contribution in [0.1, 0.15) is 45.1 Å². The molecule has 36 heavy (non-hydrogen) atoms. The Morgan fingerprint density at radius 3 is 2.36 bits per heavy atom. The van der Waals surface area contributed by atoms with Gasteiger partial charge in [-0.2, -0.15) is 0 Å². The van der Waals surface area contributed by atoms with Crippen LogP contribution < -0.4 is 14.4 Å². The molecule has 0 fully saturated rings. The highest BCUT2D eigenvalue weighted by molar-refractivity contribution is 7.92. The van der Waals surface area contributed by atoms with Crippen LogP contribution >= 0.6 is 11.6 Å². The first-order valence-electron chi connectivity index (χ1n) is 12.0. The molecule has 0 bridgehead atoms. The van der Waals surface area contributed by atoms with Crippen molar-refractivity contribution in [3.8, 4) is 5.75 Å². The SMILES string of the molecule is CCCNC(=O)C(CC)N(Cc1ccc(OC)cc1)C(=O)CCCN(c1cccc(Cl)c1)S(C)(=O)=O. The van der Waals surface area contributed by atoms with Crippen molar-refractivity contribution in [1.82, 2.24) is 10.2 Å². The maximum absolute atomic E-state index is 13.4. The van der Waals surface area contributed by atoms with Crippen molar-refractivity contribution in [2.45, 2.75) is 52.1 Å². The highest BCUT2D eigenvalue weighted by Crippen LogP contribution is 2.23. The van der Waals surface area contributed by atoms with Crippen LogP contribution in [0.25, 0.3) is 0 Å². The van der Waals surface area contributed by atoms with Gasteiger partial charge in [-0.05, 0) is 55.2 Å². The predicted molar refractivity (Wildman–Crippen MR) is 144 cm³/mol. The fourth-order valence-electron chi connectivity index (χ4n) is 3.85. The van der Waals surface area contributed by atoms with E-state index < -0.39 is 16.1 Å². The molecule has 0 spiro atoms. The smallest absolute Gasteiger partial charge is 0.242 e. The zero-order valence-corrected chi connectivity index (χ0v) is 22.9. The minimum Gasteiger partial charge on any atom is -0.497 e. The first-order chi connectivity index (χ1) is 17.1. The molecule has 0 aliphatic carbocycles. The van der Waals surface area contributed by atoms with Crippen molar-refractivity contribution in [3.05, 3.63) is 59.1 Å². The normalized spacial score (nSPS) is 12.0. The number of ether oxygens (including phenoxy) is 1. The summed E-state index contributed by atoms with van der Waals surface area (Å²) in [6, 6.07) is 13.3. The summed E-state index contributed by atoms with van der Waals surface area (Å²) in [6.07, 6.45) is 2.73. The zero-order valence-electron chi connectivity index (χ0n) is 21.4. The topological polar surface area (TPSA) is 96.0 Å². The second kappa shape index (κ2) is 14.1. The lowest BCUT2D eigenvalue weighted by molar-refractivity contribution is -0.141. The van der Waals surface area contributed by atoms with Crippen LogP contribution in [0.2, 0.25) is 5.02 Å². The Morgan fingerprint density at radius 2 is 1.81 bits per heavy atom. The van der Waals surface area contributed by atoms with E-state index >= 15 is 0 Å². The molecular formula is C26H36ClN3O5S. The van der Waals surface area contributed by atoms with E-state index in [2.05, 4.69) is 5.32 Å². The molecule has 2 amide bonds. The molecule has 198 valence electrons. The van der Waals surface area contributed by atoms with E-state index in [9.17, 15) is 18.0 Å². The number of benzene rings is 2. The van der Waals surface area contributed by atoms with Crippen LogP contribution in [0.3, 0.4) is 0 Å². The molecular weight excluding hydrogens is 502 g/mol. The fraction of sp³-hybridized carbons (Fsp3) is 0.462. The van der Waals surface area contributed by atoms with Crippen LogP contribution in [-0.2, 0) is 26.2 Å². The Balaban J connectivity index is 2.20. The summed E-state index contributed by atoms with van der Waals surface area (Å²) in [5.41, 5.74) is 1.31. The molecule has 2 rings (SSSR count). The van der Waals surface area contributed by atoms with Crippen molar-refractivity contribution in [2.24, 2.45) is 0 Å². The van der Waals surface area contributed by atoms with E-state index in [1.54, 1.807) is 36.3 Å². The Labute approximate surface area is 219 Å². The molecule has 1 N–H and O–H groups in total. The number of hydrogen-bond donors (Lipinski definition) is 1. The summed E-state index contributed by atoms with van der Waals surface area (Å²) in [4.78, 5) is 27.9. The maximum Gasteiger partial charge on any atom is 0.242 e. The van der Waals surface area contributed by atoms with Gasteiger partial charge in [-0.25, -0.2) is 8.42 Å². The first kappa shape index (κ1) is 29.5. The summed E-state index contributed by atoms with van der Waals surface area (Å²) in [7, 11) is -2.00. The number of methoxy groups -OCH3 is 1. The van der Waals surface area contributed by atoms with Gasteiger partial charge >= 0.3 is 0 Å². The van der Waals surface area contributed by atoms with Gasteiger partial charge in [-0.1, -0.05) is 43.6 Å². The molecule has 2 aromatic rings. The number of halogens is 1. The first-order valence-corrected chi connectivity index (χ1v) is 14.3.